The van der Waals surface area contributed by atoms with E-state index in [-0.39, 0.29) is 0 Å². The van der Waals surface area contributed by atoms with Gasteiger partial charge in [-0.15, -0.1) is 0 Å². The molecule has 0 fully saturated rings. The number of nitrogens with one attached hydrogen (secondary N) is 3. The van der Waals surface area contributed by atoms with E-state index in [9.17, 15) is 9.00 Å². The van der Waals surface area contributed by atoms with Crippen LogP contribution < -0.4 is 10.0 Å². The lowest BCUT2D eigenvalue weighted by molar-refractivity contribution is 0.256. The van der Waals surface area contributed by atoms with Gasteiger partial charge in [0, 0.05) is 18.8 Å². The molecule has 1 aliphatic heterocycles. The molecule has 1 atom stereocenters. The molecule has 0 saturated heterocycles. The van der Waals surface area contributed by atoms with Gasteiger partial charge in [0.25, 0.3) is 0 Å². The maximum atomic E-state index is 13.1. The fraction of sp³-hybridized carbons (Fsp3) is 0.435. The van der Waals surface area contributed by atoms with Crippen LogP contribution in [0.3, 0.4) is 0 Å². The molecule has 0 aromatic heterocycles. The van der Waals surface area contributed by atoms with Crippen LogP contribution in [0.2, 0.25) is 0 Å². The lowest BCUT2D eigenvalue weighted by atomic mass is 9.99. The molecular weight excluding hydrogens is 396 g/mol. The van der Waals surface area contributed by atoms with Crippen LogP contribution in [0.5, 0.6) is 0 Å². The van der Waals surface area contributed by atoms with Crippen LogP contribution in [0.1, 0.15) is 46.2 Å². The summed E-state index contributed by atoms with van der Waals surface area (Å²) >= 11 is 0. The Balaban J connectivity index is 1.38. The predicted molar refractivity (Wildman–Crippen MR) is 118 cm³/mol. The average Bonchev–Trinajstić information content (AvgIpc) is 3.36. The Kier molecular flexibility index (Phi) is 4.82. The Labute approximate surface area is 178 Å². The SMILES string of the molecule is CN1CCc2ccc(S(=N)(=O)NC(=O)Nc3c4c(cc5c3CCC5)CCC4)cc2C1. The van der Waals surface area contributed by atoms with Crippen molar-refractivity contribution in [1.82, 2.24) is 9.62 Å². The van der Waals surface area contributed by atoms with Gasteiger partial charge in [-0.05, 0) is 97.5 Å². The number of aryl methyl sites for hydroxylation is 2. The molecule has 2 aromatic carbocycles. The summed E-state index contributed by atoms with van der Waals surface area (Å²) < 4.78 is 23.9. The molecular formula is C23H28N4O2S. The number of likely N-dealkylation sites (N-methyl/N-ethyl adjacent to an activating group) is 1. The number of rotatable bonds is 3. The van der Waals surface area contributed by atoms with Crippen molar-refractivity contribution < 1.29 is 9.00 Å². The summed E-state index contributed by atoms with van der Waals surface area (Å²) in [7, 11) is -1.39. The van der Waals surface area contributed by atoms with Crippen molar-refractivity contribution in [3.63, 3.8) is 0 Å². The molecule has 1 unspecified atom stereocenters. The van der Waals surface area contributed by atoms with Crippen LogP contribution >= 0.6 is 0 Å². The van der Waals surface area contributed by atoms with Crippen molar-refractivity contribution >= 4 is 21.6 Å². The number of anilines is 1. The Hall–Kier alpha value is -2.38. The molecule has 30 heavy (non-hydrogen) atoms. The third kappa shape index (κ3) is 3.50. The molecule has 7 heteroatoms. The highest BCUT2D eigenvalue weighted by atomic mass is 32.2. The smallest absolute Gasteiger partial charge is 0.307 e. The van der Waals surface area contributed by atoms with E-state index in [0.717, 1.165) is 69.3 Å². The standard InChI is InChI=1S/C23H28N4O2S/c1-27-11-10-15-8-9-19(13-18(15)14-27)30(24,29)26-23(28)25-22-20-6-2-4-16(20)12-17-5-3-7-21(17)22/h8-9,12-13H,2-7,10-11,14H2,1H3,(H3,24,25,26,28,29). The van der Waals surface area contributed by atoms with Gasteiger partial charge >= 0.3 is 6.03 Å². The fourth-order valence-electron chi connectivity index (χ4n) is 5.15. The molecule has 2 aliphatic carbocycles. The molecule has 1 heterocycles. The normalized spacial score (nSPS) is 19.5. The van der Waals surface area contributed by atoms with Crippen LogP contribution in [-0.4, -0.2) is 28.7 Å². The van der Waals surface area contributed by atoms with Gasteiger partial charge in [0.05, 0.1) is 4.90 Å². The Morgan fingerprint density at radius 3 is 2.37 bits per heavy atom. The number of carbonyl (C=O) groups excluding carboxylic acids is 1. The third-order valence-electron chi connectivity index (χ3n) is 6.66. The minimum Gasteiger partial charge on any atom is -0.307 e. The Bertz CT molecular complexity index is 1110. The van der Waals surface area contributed by atoms with Crippen molar-refractivity contribution in [1.29, 1.82) is 4.78 Å². The van der Waals surface area contributed by atoms with E-state index in [1.165, 1.54) is 27.8 Å². The minimum absolute atomic E-state index is 0.357. The predicted octanol–water partition coefficient (Wildman–Crippen LogP) is 3.79. The lowest BCUT2D eigenvalue weighted by Crippen LogP contribution is -2.34. The van der Waals surface area contributed by atoms with Crippen LogP contribution in [0, 0.1) is 4.78 Å². The van der Waals surface area contributed by atoms with E-state index < -0.39 is 15.9 Å². The molecule has 0 spiro atoms. The number of benzene rings is 2. The number of hydrogen-bond acceptors (Lipinski definition) is 4. The quantitative estimate of drug-likeness (QED) is 0.701. The molecule has 158 valence electrons. The first-order chi connectivity index (χ1) is 14.4. The fourth-order valence-corrected chi connectivity index (χ4v) is 6.15. The highest BCUT2D eigenvalue weighted by Gasteiger charge is 2.26. The zero-order valence-electron chi connectivity index (χ0n) is 17.3. The monoisotopic (exact) mass is 424 g/mol. The highest BCUT2D eigenvalue weighted by molar-refractivity contribution is 7.91. The van der Waals surface area contributed by atoms with Gasteiger partial charge in [-0.2, -0.15) is 0 Å². The van der Waals surface area contributed by atoms with Crippen LogP contribution in [0.25, 0.3) is 0 Å². The zero-order chi connectivity index (χ0) is 20.9. The molecule has 3 aliphatic rings. The number of urea groups is 1. The molecule has 6 nitrogen and oxygen atoms in total. The Morgan fingerprint density at radius 1 is 0.967 bits per heavy atom. The Morgan fingerprint density at radius 2 is 1.67 bits per heavy atom. The lowest BCUT2D eigenvalue weighted by Gasteiger charge is -2.25. The van der Waals surface area contributed by atoms with E-state index >= 15 is 0 Å². The first kappa shape index (κ1) is 19.6. The van der Waals surface area contributed by atoms with Gasteiger partial charge in [0.2, 0.25) is 0 Å². The second-order valence-electron chi connectivity index (χ2n) is 8.76. The highest BCUT2D eigenvalue weighted by Crippen LogP contribution is 2.38. The first-order valence-electron chi connectivity index (χ1n) is 10.7. The number of hydrogen-bond donors (Lipinski definition) is 3. The molecule has 2 amide bonds. The van der Waals surface area contributed by atoms with Crippen LogP contribution in [0.4, 0.5) is 10.5 Å². The number of fused-ring (bicyclic) bond motifs is 3. The number of nitrogens with zero attached hydrogens (tertiary/aromatic N) is 1. The molecule has 0 radical (unpaired) electrons. The maximum absolute atomic E-state index is 13.1. The molecule has 3 N–H and O–H groups in total. The second kappa shape index (κ2) is 7.39. The van der Waals surface area contributed by atoms with E-state index in [2.05, 4.69) is 28.1 Å². The maximum Gasteiger partial charge on any atom is 0.331 e. The summed E-state index contributed by atoms with van der Waals surface area (Å²) in [6, 6.07) is 7.24. The van der Waals surface area contributed by atoms with Gasteiger partial charge in [0.15, 0.2) is 9.92 Å². The van der Waals surface area contributed by atoms with Gasteiger partial charge in [-0.1, -0.05) is 12.1 Å². The molecule has 5 rings (SSSR count). The zero-order valence-corrected chi connectivity index (χ0v) is 18.2. The topological polar surface area (TPSA) is 85.3 Å². The summed E-state index contributed by atoms with van der Waals surface area (Å²) in [5.74, 6) is 0. The summed E-state index contributed by atoms with van der Waals surface area (Å²) in [5, 5.41) is 2.98. The van der Waals surface area contributed by atoms with E-state index in [4.69, 9.17) is 4.78 Å². The van der Waals surface area contributed by atoms with Crippen LogP contribution in [0.15, 0.2) is 29.2 Å². The van der Waals surface area contributed by atoms with Crippen molar-refractivity contribution in [3.8, 4) is 0 Å². The van der Waals surface area contributed by atoms with Crippen molar-refractivity contribution in [3.05, 3.63) is 57.6 Å². The summed E-state index contributed by atoms with van der Waals surface area (Å²) in [5.41, 5.74) is 8.32. The van der Waals surface area contributed by atoms with E-state index in [1.54, 1.807) is 6.07 Å². The average molecular weight is 425 g/mol. The first-order valence-corrected chi connectivity index (χ1v) is 12.3. The van der Waals surface area contributed by atoms with Crippen LogP contribution in [-0.2, 0) is 48.6 Å². The molecule has 0 saturated carbocycles. The second-order valence-corrected chi connectivity index (χ2v) is 10.6. The van der Waals surface area contributed by atoms with Gasteiger partial charge in [0.1, 0.15) is 0 Å². The number of carbonyl (C=O) groups is 1. The summed E-state index contributed by atoms with van der Waals surface area (Å²) in [6.07, 6.45) is 7.19. The largest absolute Gasteiger partial charge is 0.331 e. The molecule has 2 aromatic rings. The van der Waals surface area contributed by atoms with Gasteiger partial charge < -0.3 is 10.2 Å². The summed E-state index contributed by atoms with van der Waals surface area (Å²) in [4.78, 5) is 15.4. The number of amides is 2. The third-order valence-corrected chi connectivity index (χ3v) is 8.05. The minimum atomic E-state index is -3.44. The van der Waals surface area contributed by atoms with Crippen molar-refractivity contribution in [2.45, 2.75) is 56.4 Å². The van der Waals surface area contributed by atoms with Crippen molar-refractivity contribution in [2.75, 3.05) is 18.9 Å². The molecule has 0 bridgehead atoms. The summed E-state index contributed by atoms with van der Waals surface area (Å²) in [6.45, 7) is 1.77. The van der Waals surface area contributed by atoms with E-state index in [1.807, 2.05) is 12.1 Å². The van der Waals surface area contributed by atoms with Crippen molar-refractivity contribution in [2.24, 2.45) is 0 Å². The van der Waals surface area contributed by atoms with Gasteiger partial charge in [-0.25, -0.2) is 18.5 Å². The van der Waals surface area contributed by atoms with E-state index in [0.29, 0.717) is 4.90 Å². The van der Waals surface area contributed by atoms with Gasteiger partial charge in [-0.3, -0.25) is 0 Å².